The molecule has 3 rings (SSSR count). The lowest BCUT2D eigenvalue weighted by Gasteiger charge is -2.11. The van der Waals surface area contributed by atoms with Gasteiger partial charge in [0.15, 0.2) is 11.0 Å². The lowest BCUT2D eigenvalue weighted by atomic mass is 10.2. The van der Waals surface area contributed by atoms with E-state index in [2.05, 4.69) is 20.5 Å². The summed E-state index contributed by atoms with van der Waals surface area (Å²) in [5, 5.41) is 12.8. The van der Waals surface area contributed by atoms with Gasteiger partial charge in [-0.3, -0.25) is 9.78 Å². The molecule has 2 heterocycles. The summed E-state index contributed by atoms with van der Waals surface area (Å²) in [6.45, 7) is 3.93. The molecule has 0 fully saturated rings. The predicted octanol–water partition coefficient (Wildman–Crippen LogP) is 4.80. The summed E-state index contributed by atoms with van der Waals surface area (Å²) in [6, 6.07) is 8.84. The number of aromatic nitrogens is 4. The Labute approximate surface area is 189 Å². The summed E-state index contributed by atoms with van der Waals surface area (Å²) in [6.07, 6.45) is 4.25. The number of rotatable bonds is 10. The number of thioether (sulfide) groups is 1. The van der Waals surface area contributed by atoms with Crippen LogP contribution in [-0.4, -0.2) is 44.6 Å². The lowest BCUT2D eigenvalue weighted by Crippen LogP contribution is -2.15. The summed E-state index contributed by atoms with van der Waals surface area (Å²) in [5.74, 6) is 0.608. The number of amides is 1. The highest BCUT2D eigenvalue weighted by Crippen LogP contribution is 2.30. The van der Waals surface area contributed by atoms with Crippen molar-refractivity contribution in [1.82, 2.24) is 19.7 Å². The molecule has 0 atom stereocenters. The first-order chi connectivity index (χ1) is 14.6. The molecule has 0 radical (unpaired) electrons. The SMILES string of the molecule is CCOCCCn1c(SCC(=O)Nc2c(Cl)cccc2Cl)nnc1-c1cccnc1. The number of hydrogen-bond acceptors (Lipinski definition) is 6. The number of para-hydroxylation sites is 1. The van der Waals surface area contributed by atoms with Crippen LogP contribution in [-0.2, 0) is 16.1 Å². The van der Waals surface area contributed by atoms with E-state index in [4.69, 9.17) is 27.9 Å². The monoisotopic (exact) mass is 465 g/mol. The van der Waals surface area contributed by atoms with E-state index in [1.54, 1.807) is 30.6 Å². The predicted molar refractivity (Wildman–Crippen MR) is 120 cm³/mol. The molecule has 1 aromatic carbocycles. The van der Waals surface area contributed by atoms with Gasteiger partial charge in [0.2, 0.25) is 5.91 Å². The standard InChI is InChI=1S/C20H21Cl2N5O2S/c1-2-29-11-5-10-27-19(14-6-4-9-23-12-14)25-26-20(27)30-13-17(28)24-18-15(21)7-3-8-16(18)22/h3-4,6-9,12H,2,5,10-11,13H2,1H3,(H,24,28). The van der Waals surface area contributed by atoms with Crippen molar-refractivity contribution in [2.75, 3.05) is 24.3 Å². The molecule has 0 saturated carbocycles. The zero-order chi connectivity index (χ0) is 21.3. The van der Waals surface area contributed by atoms with E-state index < -0.39 is 0 Å². The zero-order valence-electron chi connectivity index (χ0n) is 16.3. The largest absolute Gasteiger partial charge is 0.382 e. The van der Waals surface area contributed by atoms with Gasteiger partial charge in [-0.1, -0.05) is 41.0 Å². The highest BCUT2D eigenvalue weighted by atomic mass is 35.5. The average Bonchev–Trinajstić information content (AvgIpc) is 3.16. The van der Waals surface area contributed by atoms with E-state index in [-0.39, 0.29) is 11.7 Å². The van der Waals surface area contributed by atoms with Gasteiger partial charge in [-0.15, -0.1) is 10.2 Å². The summed E-state index contributed by atoms with van der Waals surface area (Å²) < 4.78 is 7.42. The van der Waals surface area contributed by atoms with Crippen molar-refractivity contribution in [3.63, 3.8) is 0 Å². The Balaban J connectivity index is 1.71. The number of carbonyl (C=O) groups is 1. The average molecular weight is 466 g/mol. The smallest absolute Gasteiger partial charge is 0.234 e. The fraction of sp³-hybridized carbons (Fsp3) is 0.300. The minimum atomic E-state index is -0.234. The summed E-state index contributed by atoms with van der Waals surface area (Å²) >= 11 is 13.5. The number of hydrogen-bond donors (Lipinski definition) is 1. The third-order valence-corrected chi connectivity index (χ3v) is 5.67. The van der Waals surface area contributed by atoms with E-state index in [1.807, 2.05) is 23.6 Å². The van der Waals surface area contributed by atoms with Crippen LogP contribution in [0.4, 0.5) is 5.69 Å². The molecular weight excluding hydrogens is 445 g/mol. The van der Waals surface area contributed by atoms with Gasteiger partial charge >= 0.3 is 0 Å². The van der Waals surface area contributed by atoms with Crippen molar-refractivity contribution in [3.8, 4) is 11.4 Å². The maximum absolute atomic E-state index is 12.4. The minimum absolute atomic E-state index is 0.137. The second-order valence-corrected chi connectivity index (χ2v) is 7.94. The number of anilines is 1. The molecule has 158 valence electrons. The van der Waals surface area contributed by atoms with Gasteiger partial charge in [-0.2, -0.15) is 0 Å². The third kappa shape index (κ3) is 5.95. The first kappa shape index (κ1) is 22.6. The van der Waals surface area contributed by atoms with Crippen LogP contribution in [0.3, 0.4) is 0 Å². The maximum Gasteiger partial charge on any atom is 0.234 e. The van der Waals surface area contributed by atoms with E-state index in [1.165, 1.54) is 11.8 Å². The Morgan fingerprint density at radius 2 is 2.00 bits per heavy atom. The first-order valence-electron chi connectivity index (χ1n) is 9.38. The summed E-state index contributed by atoms with van der Waals surface area (Å²) in [4.78, 5) is 16.6. The van der Waals surface area contributed by atoms with Crippen molar-refractivity contribution < 1.29 is 9.53 Å². The molecule has 0 aliphatic heterocycles. The van der Waals surface area contributed by atoms with Crippen molar-refractivity contribution in [1.29, 1.82) is 0 Å². The topological polar surface area (TPSA) is 81.9 Å². The summed E-state index contributed by atoms with van der Waals surface area (Å²) in [5.41, 5.74) is 1.27. The van der Waals surface area contributed by atoms with Crippen molar-refractivity contribution in [2.24, 2.45) is 0 Å². The fourth-order valence-electron chi connectivity index (χ4n) is 2.70. The number of nitrogens with zero attached hydrogens (tertiary/aromatic N) is 4. The molecule has 0 aliphatic carbocycles. The number of benzene rings is 1. The first-order valence-corrected chi connectivity index (χ1v) is 11.1. The van der Waals surface area contributed by atoms with Gasteiger partial charge < -0.3 is 14.6 Å². The molecule has 10 heteroatoms. The lowest BCUT2D eigenvalue weighted by molar-refractivity contribution is -0.113. The Kier molecular flexibility index (Phi) is 8.50. The molecule has 1 amide bonds. The van der Waals surface area contributed by atoms with Gasteiger partial charge in [0.05, 0.1) is 21.5 Å². The molecule has 3 aromatic rings. The van der Waals surface area contributed by atoms with Crippen LogP contribution >= 0.6 is 35.0 Å². The fourth-order valence-corrected chi connectivity index (χ4v) is 3.95. The van der Waals surface area contributed by atoms with Crippen LogP contribution in [0, 0.1) is 0 Å². The van der Waals surface area contributed by atoms with Crippen molar-refractivity contribution in [3.05, 3.63) is 52.8 Å². The molecule has 0 bridgehead atoms. The van der Waals surface area contributed by atoms with Gasteiger partial charge in [-0.25, -0.2) is 0 Å². The van der Waals surface area contributed by atoms with Crippen LogP contribution in [0.2, 0.25) is 10.0 Å². The zero-order valence-corrected chi connectivity index (χ0v) is 18.7. The maximum atomic E-state index is 12.4. The normalized spacial score (nSPS) is 10.9. The molecule has 2 aromatic heterocycles. The Hall–Kier alpha value is -2.13. The van der Waals surface area contributed by atoms with Crippen molar-refractivity contribution in [2.45, 2.75) is 25.0 Å². The van der Waals surface area contributed by atoms with E-state index in [9.17, 15) is 4.79 Å². The summed E-state index contributed by atoms with van der Waals surface area (Å²) in [7, 11) is 0. The molecule has 0 spiro atoms. The van der Waals surface area contributed by atoms with Gasteiger partial charge in [0, 0.05) is 37.7 Å². The van der Waals surface area contributed by atoms with Crippen LogP contribution < -0.4 is 5.32 Å². The van der Waals surface area contributed by atoms with Crippen LogP contribution in [0.15, 0.2) is 47.9 Å². The second kappa shape index (κ2) is 11.3. The Morgan fingerprint density at radius 1 is 1.20 bits per heavy atom. The molecule has 7 nitrogen and oxygen atoms in total. The molecular formula is C20H21Cl2N5O2S. The third-order valence-electron chi connectivity index (χ3n) is 4.07. The van der Waals surface area contributed by atoms with E-state index in [0.717, 1.165) is 12.0 Å². The molecule has 1 N–H and O–H groups in total. The van der Waals surface area contributed by atoms with Gasteiger partial charge in [0.1, 0.15) is 0 Å². The highest BCUT2D eigenvalue weighted by Gasteiger charge is 2.17. The molecule has 0 unspecified atom stereocenters. The number of ether oxygens (including phenoxy) is 1. The minimum Gasteiger partial charge on any atom is -0.382 e. The van der Waals surface area contributed by atoms with Crippen LogP contribution in [0.1, 0.15) is 13.3 Å². The van der Waals surface area contributed by atoms with Gasteiger partial charge in [0.25, 0.3) is 0 Å². The van der Waals surface area contributed by atoms with E-state index >= 15 is 0 Å². The number of pyridine rings is 1. The Bertz CT molecular complexity index is 964. The second-order valence-electron chi connectivity index (χ2n) is 6.18. The Morgan fingerprint density at radius 3 is 2.70 bits per heavy atom. The highest BCUT2D eigenvalue weighted by molar-refractivity contribution is 7.99. The quantitative estimate of drug-likeness (QED) is 0.341. The van der Waals surface area contributed by atoms with Gasteiger partial charge in [-0.05, 0) is 37.6 Å². The molecule has 0 saturated heterocycles. The molecule has 30 heavy (non-hydrogen) atoms. The van der Waals surface area contributed by atoms with E-state index in [0.29, 0.717) is 46.5 Å². The molecule has 0 aliphatic rings. The van der Waals surface area contributed by atoms with Crippen LogP contribution in [0.25, 0.3) is 11.4 Å². The number of nitrogens with one attached hydrogen (secondary N) is 1. The van der Waals surface area contributed by atoms with Crippen LogP contribution in [0.5, 0.6) is 0 Å². The van der Waals surface area contributed by atoms with Crippen molar-refractivity contribution >= 4 is 46.6 Å². The number of carbonyl (C=O) groups excluding carboxylic acids is 1. The number of halogens is 2.